The van der Waals surface area contributed by atoms with Crippen molar-refractivity contribution in [1.82, 2.24) is 14.9 Å². The number of hydrogen-bond acceptors (Lipinski definition) is 5. The second-order valence-corrected chi connectivity index (χ2v) is 7.87. The summed E-state index contributed by atoms with van der Waals surface area (Å²) in [5, 5.41) is 6.27. The first-order chi connectivity index (χ1) is 15.5. The number of nitrogens with two attached hydrogens (primary N) is 2. The van der Waals surface area contributed by atoms with Crippen LogP contribution >= 0.6 is 11.6 Å². The van der Waals surface area contributed by atoms with E-state index in [1.165, 1.54) is 0 Å². The SMILES string of the molecule is CC.Cn1cc(C(=O)NCc2ccc(Cl)cc2)c2ccc(N3CCN(N)/C(=C\N)C3)cc21. The molecule has 0 atom stereocenters. The van der Waals surface area contributed by atoms with Crippen LogP contribution in [0, 0.1) is 0 Å². The topological polar surface area (TPSA) is 92.5 Å². The Morgan fingerprint density at radius 3 is 2.56 bits per heavy atom. The molecule has 1 aliphatic heterocycles. The third kappa shape index (κ3) is 5.00. The van der Waals surface area contributed by atoms with E-state index in [2.05, 4.69) is 16.3 Å². The highest BCUT2D eigenvalue weighted by Crippen LogP contribution is 2.27. The van der Waals surface area contributed by atoms with Gasteiger partial charge in [0.2, 0.25) is 0 Å². The Morgan fingerprint density at radius 2 is 1.88 bits per heavy atom. The average molecular weight is 455 g/mol. The number of aromatic nitrogens is 1. The van der Waals surface area contributed by atoms with E-state index < -0.39 is 0 Å². The molecule has 1 fully saturated rings. The summed E-state index contributed by atoms with van der Waals surface area (Å²) >= 11 is 5.92. The van der Waals surface area contributed by atoms with E-state index in [0.717, 1.165) is 34.4 Å². The Bertz CT molecular complexity index is 1110. The molecule has 170 valence electrons. The molecule has 8 heteroatoms. The van der Waals surface area contributed by atoms with Gasteiger partial charge in [0.05, 0.1) is 29.9 Å². The number of benzene rings is 2. The van der Waals surface area contributed by atoms with Gasteiger partial charge in [0.15, 0.2) is 0 Å². The molecule has 0 radical (unpaired) electrons. The fourth-order valence-corrected chi connectivity index (χ4v) is 3.86. The van der Waals surface area contributed by atoms with Crippen molar-refractivity contribution in [2.75, 3.05) is 24.5 Å². The molecule has 0 aliphatic carbocycles. The standard InChI is InChI=1S/C22H25ClN6O.C2H6/c1-27-14-20(22(30)26-12-15-2-4-16(23)5-3-15)19-7-6-17(10-21(19)27)28-8-9-29(25)18(11-24)13-28;1-2/h2-7,10-11,14H,8-9,12-13,24-25H2,1H3,(H,26,30);1-2H3/b18-11-;. The zero-order chi connectivity index (χ0) is 23.3. The zero-order valence-corrected chi connectivity index (χ0v) is 19.6. The highest BCUT2D eigenvalue weighted by molar-refractivity contribution is 6.30. The van der Waals surface area contributed by atoms with Crippen LogP contribution in [0.2, 0.25) is 5.02 Å². The van der Waals surface area contributed by atoms with E-state index in [9.17, 15) is 4.79 Å². The van der Waals surface area contributed by atoms with Crippen molar-refractivity contribution >= 4 is 34.1 Å². The lowest BCUT2D eigenvalue weighted by Crippen LogP contribution is -2.48. The van der Waals surface area contributed by atoms with E-state index in [0.29, 0.717) is 30.2 Å². The third-order valence-electron chi connectivity index (χ3n) is 5.48. The van der Waals surface area contributed by atoms with Crippen molar-refractivity contribution in [3.8, 4) is 0 Å². The van der Waals surface area contributed by atoms with Gasteiger partial charge in [0.25, 0.3) is 5.91 Å². The number of piperazine rings is 1. The monoisotopic (exact) mass is 454 g/mol. The van der Waals surface area contributed by atoms with Crippen LogP contribution in [0.15, 0.2) is 60.6 Å². The van der Waals surface area contributed by atoms with Crippen molar-refractivity contribution in [1.29, 1.82) is 0 Å². The number of anilines is 1. The fraction of sp³-hybridized carbons (Fsp3) is 0.292. The van der Waals surface area contributed by atoms with Crippen molar-refractivity contribution in [2.24, 2.45) is 18.6 Å². The molecular weight excluding hydrogens is 424 g/mol. The minimum atomic E-state index is -0.103. The summed E-state index contributed by atoms with van der Waals surface area (Å²) in [5.74, 6) is 5.86. The van der Waals surface area contributed by atoms with Crippen molar-refractivity contribution < 1.29 is 4.79 Å². The predicted molar refractivity (Wildman–Crippen MR) is 132 cm³/mol. The number of rotatable bonds is 4. The molecule has 0 bridgehead atoms. The first-order valence-electron chi connectivity index (χ1n) is 10.8. The number of carbonyl (C=O) groups excluding carboxylic acids is 1. The van der Waals surface area contributed by atoms with Gasteiger partial charge < -0.3 is 25.5 Å². The van der Waals surface area contributed by atoms with E-state index in [1.54, 1.807) is 11.2 Å². The number of hydrazine groups is 1. The van der Waals surface area contributed by atoms with Gasteiger partial charge in [-0.25, -0.2) is 5.84 Å². The second-order valence-electron chi connectivity index (χ2n) is 7.44. The number of fused-ring (bicyclic) bond motifs is 1. The van der Waals surface area contributed by atoms with Crippen LogP contribution in [0.4, 0.5) is 5.69 Å². The van der Waals surface area contributed by atoms with E-state index in [4.69, 9.17) is 23.2 Å². The van der Waals surface area contributed by atoms with E-state index in [-0.39, 0.29) is 5.91 Å². The minimum absolute atomic E-state index is 0.103. The summed E-state index contributed by atoms with van der Waals surface area (Å²) < 4.78 is 1.98. The van der Waals surface area contributed by atoms with Gasteiger partial charge in [-0.3, -0.25) is 4.79 Å². The number of halogens is 1. The highest BCUT2D eigenvalue weighted by Gasteiger charge is 2.20. The molecule has 1 amide bonds. The molecule has 32 heavy (non-hydrogen) atoms. The highest BCUT2D eigenvalue weighted by atomic mass is 35.5. The van der Waals surface area contributed by atoms with Crippen LogP contribution in [0.3, 0.4) is 0 Å². The maximum absolute atomic E-state index is 12.8. The van der Waals surface area contributed by atoms with Crippen molar-refractivity contribution in [2.45, 2.75) is 20.4 Å². The quantitative estimate of drug-likeness (QED) is 0.524. The summed E-state index contributed by atoms with van der Waals surface area (Å²) in [5.41, 5.74) is 10.3. The smallest absolute Gasteiger partial charge is 0.253 e. The molecule has 1 aromatic heterocycles. The van der Waals surface area contributed by atoms with Crippen LogP contribution in [-0.4, -0.2) is 35.1 Å². The lowest BCUT2D eigenvalue weighted by molar-refractivity contribution is 0.0952. The maximum Gasteiger partial charge on any atom is 0.253 e. The number of carbonyl (C=O) groups is 1. The van der Waals surface area contributed by atoms with Gasteiger partial charge in [-0.1, -0.05) is 37.6 Å². The summed E-state index contributed by atoms with van der Waals surface area (Å²) in [6.07, 6.45) is 3.42. The van der Waals surface area contributed by atoms with Crippen molar-refractivity contribution in [3.05, 3.63) is 76.7 Å². The van der Waals surface area contributed by atoms with Crippen LogP contribution < -0.4 is 21.8 Å². The Hall–Kier alpha value is -3.16. The lowest BCUT2D eigenvalue weighted by Gasteiger charge is -2.36. The average Bonchev–Trinajstić information content (AvgIpc) is 3.16. The fourth-order valence-electron chi connectivity index (χ4n) is 3.74. The molecule has 0 unspecified atom stereocenters. The number of amides is 1. The summed E-state index contributed by atoms with van der Waals surface area (Å²) in [7, 11) is 1.95. The second kappa shape index (κ2) is 10.4. The lowest BCUT2D eigenvalue weighted by atomic mass is 10.1. The van der Waals surface area contributed by atoms with Crippen LogP contribution in [0.5, 0.6) is 0 Å². The molecule has 2 aromatic carbocycles. The Labute approximate surface area is 194 Å². The Kier molecular flexibility index (Phi) is 7.66. The molecule has 7 nitrogen and oxygen atoms in total. The van der Waals surface area contributed by atoms with E-state index >= 15 is 0 Å². The normalized spacial score (nSPS) is 15.0. The molecule has 3 aromatic rings. The van der Waals surface area contributed by atoms with Gasteiger partial charge in [-0.2, -0.15) is 0 Å². The number of aryl methyl sites for hydroxylation is 1. The molecule has 4 rings (SSSR count). The molecule has 2 heterocycles. The minimum Gasteiger partial charge on any atom is -0.403 e. The van der Waals surface area contributed by atoms with Gasteiger partial charge in [-0.15, -0.1) is 0 Å². The van der Waals surface area contributed by atoms with Gasteiger partial charge in [-0.05, 0) is 35.9 Å². The molecule has 5 N–H and O–H groups in total. The molecule has 0 saturated carbocycles. The predicted octanol–water partition coefficient (Wildman–Crippen LogP) is 3.58. The number of nitrogens with one attached hydrogen (secondary N) is 1. The zero-order valence-electron chi connectivity index (χ0n) is 18.8. The van der Waals surface area contributed by atoms with Gasteiger partial charge in [0, 0.05) is 48.6 Å². The Balaban J connectivity index is 0.00000141. The van der Waals surface area contributed by atoms with Crippen LogP contribution in [0.25, 0.3) is 10.9 Å². The first-order valence-corrected chi connectivity index (χ1v) is 11.1. The summed E-state index contributed by atoms with van der Waals surface area (Å²) in [6, 6.07) is 13.6. The van der Waals surface area contributed by atoms with Gasteiger partial charge in [0.1, 0.15) is 0 Å². The number of nitrogens with zero attached hydrogens (tertiary/aromatic N) is 3. The third-order valence-corrected chi connectivity index (χ3v) is 5.73. The van der Waals surface area contributed by atoms with Crippen LogP contribution in [-0.2, 0) is 13.6 Å². The summed E-state index contributed by atoms with van der Waals surface area (Å²) in [6.45, 7) is 6.60. The largest absolute Gasteiger partial charge is 0.403 e. The number of hydrogen-bond donors (Lipinski definition) is 3. The van der Waals surface area contributed by atoms with Gasteiger partial charge >= 0.3 is 0 Å². The Morgan fingerprint density at radius 1 is 1.16 bits per heavy atom. The molecule has 0 spiro atoms. The molecule has 1 saturated heterocycles. The molecular formula is C24H31ClN6O. The van der Waals surface area contributed by atoms with Crippen LogP contribution in [0.1, 0.15) is 29.8 Å². The maximum atomic E-state index is 12.8. The first kappa shape index (κ1) is 23.5. The van der Waals surface area contributed by atoms with Crippen molar-refractivity contribution in [3.63, 3.8) is 0 Å². The van der Waals surface area contributed by atoms with E-state index in [1.807, 2.05) is 68.1 Å². The molecule has 1 aliphatic rings. The summed E-state index contributed by atoms with van der Waals surface area (Å²) in [4.78, 5) is 15.0.